The Balaban J connectivity index is 0.000000892. The Hall–Kier alpha value is -2.81. The molecule has 0 aliphatic heterocycles. The van der Waals surface area contributed by atoms with E-state index in [1.165, 1.54) is 11.8 Å². The van der Waals surface area contributed by atoms with Crippen molar-refractivity contribution in [1.82, 2.24) is 20.2 Å². The topological polar surface area (TPSA) is 91.3 Å². The predicted molar refractivity (Wildman–Crippen MR) is 180 cm³/mol. The summed E-state index contributed by atoms with van der Waals surface area (Å²) in [5, 5.41) is 11.7. The van der Waals surface area contributed by atoms with Crippen LogP contribution < -0.4 is 15.5 Å². The standard InChI is InChI=1S/C27H35FN7PS.C4H10O/c1-8-19(29-16(5)14(2)3)25-24(17-9-10-17)26(30-23-11-15(4)33-34-23)32-27(31-25)35(6)20-13-21(36)22(37-7)12-18(20)28;1-3-4-5-2/h8,11-14,17H,9-10,36H2,1-7H3,(H2,30,31,32,33,34);3-4H2,1-2H3/b19-8-,29-16?;. The van der Waals surface area contributed by atoms with Gasteiger partial charge < -0.3 is 15.0 Å². The first kappa shape index (κ1) is 33.7. The van der Waals surface area contributed by atoms with E-state index in [9.17, 15) is 0 Å². The number of H-pyrrole nitrogens is 1. The Kier molecular flexibility index (Phi) is 12.5. The number of nitrogens with zero attached hydrogens (tertiary/aromatic N) is 5. The van der Waals surface area contributed by atoms with E-state index in [0.29, 0.717) is 35.1 Å². The third-order valence-electron chi connectivity index (χ3n) is 6.89. The second kappa shape index (κ2) is 15.6. The van der Waals surface area contributed by atoms with Gasteiger partial charge in [0.25, 0.3) is 0 Å². The molecule has 1 aromatic carbocycles. The molecule has 1 fully saturated rings. The van der Waals surface area contributed by atoms with Crippen LogP contribution in [0.15, 0.2) is 34.2 Å². The van der Waals surface area contributed by atoms with E-state index in [0.717, 1.165) is 64.4 Å². The molecule has 1 atom stereocenters. The molecular formula is C31H45FN7OPS. The Morgan fingerprint density at radius 2 is 2.02 bits per heavy atom. The van der Waals surface area contributed by atoms with Crippen molar-refractivity contribution in [3.63, 3.8) is 0 Å². The van der Waals surface area contributed by atoms with Gasteiger partial charge in [-0.15, -0.1) is 21.0 Å². The fourth-order valence-corrected chi connectivity index (χ4v) is 5.25. The minimum atomic E-state index is -0.327. The third-order valence-corrected chi connectivity index (χ3v) is 8.37. The fraction of sp³-hybridized carbons (Fsp3) is 0.484. The van der Waals surface area contributed by atoms with E-state index in [4.69, 9.17) is 19.7 Å². The summed E-state index contributed by atoms with van der Waals surface area (Å²) in [7, 11) is 6.19. The lowest BCUT2D eigenvalue weighted by molar-refractivity contribution is 0.199. The van der Waals surface area contributed by atoms with Gasteiger partial charge in [0, 0.05) is 48.7 Å². The molecule has 2 heterocycles. The van der Waals surface area contributed by atoms with Gasteiger partial charge in [-0.3, -0.25) is 10.1 Å². The number of aromatic amines is 1. The number of anilines is 4. The van der Waals surface area contributed by atoms with Crippen molar-refractivity contribution in [1.29, 1.82) is 0 Å². The molecule has 8 nitrogen and oxygen atoms in total. The maximum Gasteiger partial charge on any atom is 0.232 e. The van der Waals surface area contributed by atoms with Gasteiger partial charge in [0.1, 0.15) is 11.6 Å². The van der Waals surface area contributed by atoms with E-state index in [-0.39, 0.29) is 5.82 Å². The molecule has 2 aromatic heterocycles. The first-order valence-corrected chi connectivity index (χ1v) is 16.1. The summed E-state index contributed by atoms with van der Waals surface area (Å²) in [5.74, 6) is 2.03. The molecular weight excluding hydrogens is 568 g/mol. The summed E-state index contributed by atoms with van der Waals surface area (Å²) in [5.41, 5.74) is 4.94. The van der Waals surface area contributed by atoms with Crippen molar-refractivity contribution < 1.29 is 9.13 Å². The number of halogens is 1. The van der Waals surface area contributed by atoms with Crippen LogP contribution in [0.3, 0.4) is 0 Å². The summed E-state index contributed by atoms with van der Waals surface area (Å²) in [6, 6.07) is 5.30. The number of nitrogens with one attached hydrogen (secondary N) is 2. The highest BCUT2D eigenvalue weighted by molar-refractivity contribution is 7.99. The van der Waals surface area contributed by atoms with Crippen LogP contribution in [-0.4, -0.2) is 52.9 Å². The Labute approximate surface area is 256 Å². The minimum Gasteiger partial charge on any atom is -0.385 e. The number of rotatable bonds is 11. The Bertz CT molecular complexity index is 1420. The van der Waals surface area contributed by atoms with Crippen molar-refractivity contribution in [3.8, 4) is 0 Å². The molecule has 11 heteroatoms. The van der Waals surface area contributed by atoms with Crippen molar-refractivity contribution in [2.24, 2.45) is 10.9 Å². The fourth-order valence-electron chi connectivity index (χ4n) is 4.14. The Morgan fingerprint density at radius 3 is 2.52 bits per heavy atom. The first-order valence-electron chi connectivity index (χ1n) is 14.3. The van der Waals surface area contributed by atoms with Crippen LogP contribution >= 0.6 is 21.0 Å². The quantitative estimate of drug-likeness (QED) is 0.130. The molecule has 228 valence electrons. The molecule has 4 rings (SSSR count). The second-order valence-electron chi connectivity index (χ2n) is 10.6. The molecule has 1 unspecified atom stereocenters. The molecule has 1 aliphatic rings. The number of hydrogen-bond acceptors (Lipinski definition) is 8. The first-order chi connectivity index (χ1) is 20.0. The lowest BCUT2D eigenvalue weighted by atomic mass is 10.1. The van der Waals surface area contributed by atoms with Crippen LogP contribution in [0.2, 0.25) is 0 Å². The minimum absolute atomic E-state index is 0.303. The van der Waals surface area contributed by atoms with Gasteiger partial charge in [0.2, 0.25) is 5.95 Å². The number of ether oxygens (including phenoxy) is 1. The van der Waals surface area contributed by atoms with Crippen LogP contribution in [0, 0.1) is 18.7 Å². The molecule has 0 amide bonds. The predicted octanol–water partition coefficient (Wildman–Crippen LogP) is 7.78. The van der Waals surface area contributed by atoms with Gasteiger partial charge >= 0.3 is 0 Å². The number of methoxy groups -OCH3 is 1. The van der Waals surface area contributed by atoms with Crippen LogP contribution in [-0.2, 0) is 4.74 Å². The van der Waals surface area contributed by atoms with Gasteiger partial charge in [0.05, 0.1) is 17.1 Å². The zero-order valence-corrected chi connectivity index (χ0v) is 28.3. The van der Waals surface area contributed by atoms with Crippen LogP contribution in [0.25, 0.3) is 5.70 Å². The number of benzene rings is 1. The molecule has 0 bridgehead atoms. The van der Waals surface area contributed by atoms with E-state index in [1.807, 2.05) is 45.2 Å². The summed E-state index contributed by atoms with van der Waals surface area (Å²) < 4.78 is 19.9. The molecule has 3 aromatic rings. The van der Waals surface area contributed by atoms with E-state index in [1.54, 1.807) is 25.1 Å². The van der Waals surface area contributed by atoms with Gasteiger partial charge in [-0.25, -0.2) is 9.37 Å². The van der Waals surface area contributed by atoms with Crippen molar-refractivity contribution >= 4 is 61.0 Å². The maximum atomic E-state index is 15.2. The van der Waals surface area contributed by atoms with Crippen LogP contribution in [0.1, 0.15) is 76.8 Å². The highest BCUT2D eigenvalue weighted by atomic mass is 32.2. The number of aryl methyl sites for hydroxylation is 1. The molecule has 1 saturated carbocycles. The monoisotopic (exact) mass is 613 g/mol. The summed E-state index contributed by atoms with van der Waals surface area (Å²) in [6.07, 6.45) is 7.16. The SMILES string of the molecule is C/C=C(\N=C(C)C(C)C)c1nc(N(C)c2cc(P)c(SC)cc2F)nc(Nc2cc(C)[nH]n2)c1C1CC1.CCCOC. The van der Waals surface area contributed by atoms with E-state index < -0.39 is 0 Å². The summed E-state index contributed by atoms with van der Waals surface area (Å²) >= 11 is 1.51. The number of hydrogen-bond donors (Lipinski definition) is 2. The molecule has 2 N–H and O–H groups in total. The number of aromatic nitrogens is 4. The highest BCUT2D eigenvalue weighted by Gasteiger charge is 2.33. The number of aliphatic imine (C=N–C) groups is 1. The second-order valence-corrected chi connectivity index (χ2v) is 12.1. The number of thioether (sulfide) groups is 1. The van der Waals surface area contributed by atoms with E-state index in [2.05, 4.69) is 45.5 Å². The third kappa shape index (κ3) is 8.62. The molecule has 0 saturated heterocycles. The summed E-state index contributed by atoms with van der Waals surface area (Å²) in [6.45, 7) is 13.2. The van der Waals surface area contributed by atoms with Crippen molar-refractivity contribution in [2.75, 3.05) is 37.2 Å². The van der Waals surface area contributed by atoms with Gasteiger partial charge in [0.15, 0.2) is 5.82 Å². The smallest absolute Gasteiger partial charge is 0.232 e. The average Bonchev–Trinajstić information content (AvgIpc) is 3.72. The zero-order chi connectivity index (χ0) is 31.0. The lowest BCUT2D eigenvalue weighted by Gasteiger charge is -2.23. The van der Waals surface area contributed by atoms with Crippen molar-refractivity contribution in [3.05, 3.63) is 47.0 Å². The largest absolute Gasteiger partial charge is 0.385 e. The van der Waals surface area contributed by atoms with Crippen molar-refractivity contribution in [2.45, 2.75) is 71.6 Å². The Morgan fingerprint density at radius 1 is 1.31 bits per heavy atom. The lowest BCUT2D eigenvalue weighted by Crippen LogP contribution is -2.19. The molecule has 42 heavy (non-hydrogen) atoms. The summed E-state index contributed by atoms with van der Waals surface area (Å²) in [4.78, 5) is 17.4. The average molecular weight is 614 g/mol. The zero-order valence-electron chi connectivity index (χ0n) is 26.3. The van der Waals surface area contributed by atoms with Crippen LogP contribution in [0.5, 0.6) is 0 Å². The van der Waals surface area contributed by atoms with Gasteiger partial charge in [-0.1, -0.05) is 26.8 Å². The maximum absolute atomic E-state index is 15.2. The van der Waals surface area contributed by atoms with Crippen LogP contribution in [0.4, 0.5) is 27.7 Å². The normalized spacial score (nSPS) is 13.7. The molecule has 0 radical (unpaired) electrons. The highest BCUT2D eigenvalue weighted by Crippen LogP contribution is 2.47. The van der Waals surface area contributed by atoms with Gasteiger partial charge in [-0.05, 0) is 75.6 Å². The molecule has 0 spiro atoms. The van der Waals surface area contributed by atoms with Gasteiger partial charge in [-0.2, -0.15) is 10.1 Å². The van der Waals surface area contributed by atoms with E-state index >= 15 is 4.39 Å². The number of allylic oxidation sites excluding steroid dienone is 1. The molecule has 1 aliphatic carbocycles.